The Morgan fingerprint density at radius 3 is 2.83 bits per heavy atom. The van der Waals surface area contributed by atoms with E-state index in [4.69, 9.17) is 4.52 Å². The zero-order chi connectivity index (χ0) is 17.1. The zero-order valence-corrected chi connectivity index (χ0v) is 14.1. The molecule has 0 aliphatic carbocycles. The Kier molecular flexibility index (Phi) is 4.59. The molecule has 0 fully saturated rings. The van der Waals surface area contributed by atoms with E-state index in [1.165, 1.54) is 0 Å². The summed E-state index contributed by atoms with van der Waals surface area (Å²) >= 11 is 0. The maximum absolute atomic E-state index is 12.9. The molecule has 0 aliphatic rings. The number of rotatable bonds is 6. The summed E-state index contributed by atoms with van der Waals surface area (Å²) < 4.78 is 7.10. The zero-order valence-electron chi connectivity index (χ0n) is 14.1. The van der Waals surface area contributed by atoms with Gasteiger partial charge in [0.25, 0.3) is 0 Å². The average Bonchev–Trinajstić information content (AvgIpc) is 3.25. The molecule has 1 aromatic carbocycles. The molecular formula is C17H21N5O2. The van der Waals surface area contributed by atoms with Crippen LogP contribution in [0.1, 0.15) is 38.5 Å². The molecule has 24 heavy (non-hydrogen) atoms. The van der Waals surface area contributed by atoms with E-state index >= 15 is 0 Å². The first-order valence-corrected chi connectivity index (χ1v) is 8.15. The van der Waals surface area contributed by atoms with E-state index < -0.39 is 0 Å². The maximum atomic E-state index is 12.9. The van der Waals surface area contributed by atoms with Crippen LogP contribution >= 0.6 is 0 Å². The van der Waals surface area contributed by atoms with Crippen LogP contribution in [0.2, 0.25) is 0 Å². The SMILES string of the molecule is CCc1noc(CN(CC)C(=O)[C@H](C)n2cnc3ccccc32)n1. The average molecular weight is 327 g/mol. The minimum atomic E-state index is -0.356. The minimum absolute atomic E-state index is 0.00287. The number of hydrogen-bond donors (Lipinski definition) is 0. The lowest BCUT2D eigenvalue weighted by atomic mass is 10.2. The smallest absolute Gasteiger partial charge is 0.246 e. The first kappa shape index (κ1) is 16.2. The van der Waals surface area contributed by atoms with Gasteiger partial charge in [0.1, 0.15) is 12.6 Å². The monoisotopic (exact) mass is 327 g/mol. The van der Waals surface area contributed by atoms with Gasteiger partial charge in [0, 0.05) is 13.0 Å². The molecule has 0 saturated carbocycles. The van der Waals surface area contributed by atoms with Gasteiger partial charge in [-0.3, -0.25) is 4.79 Å². The summed E-state index contributed by atoms with van der Waals surface area (Å²) in [7, 11) is 0. The third-order valence-corrected chi connectivity index (χ3v) is 4.10. The Labute approximate surface area is 140 Å². The second-order valence-corrected chi connectivity index (χ2v) is 5.63. The van der Waals surface area contributed by atoms with Gasteiger partial charge in [-0.15, -0.1) is 0 Å². The van der Waals surface area contributed by atoms with Crippen LogP contribution in [0, 0.1) is 0 Å². The Morgan fingerprint density at radius 1 is 1.33 bits per heavy atom. The first-order valence-electron chi connectivity index (χ1n) is 8.15. The van der Waals surface area contributed by atoms with Crippen LogP contribution in [-0.4, -0.2) is 37.0 Å². The number of carbonyl (C=O) groups is 1. The number of hydrogen-bond acceptors (Lipinski definition) is 5. The lowest BCUT2D eigenvalue weighted by Gasteiger charge is -2.24. The third-order valence-electron chi connectivity index (χ3n) is 4.10. The molecular weight excluding hydrogens is 306 g/mol. The van der Waals surface area contributed by atoms with Gasteiger partial charge in [0.05, 0.1) is 17.4 Å². The summed E-state index contributed by atoms with van der Waals surface area (Å²) in [4.78, 5) is 23.2. The lowest BCUT2D eigenvalue weighted by Crippen LogP contribution is -2.35. The van der Waals surface area contributed by atoms with Gasteiger partial charge in [0.2, 0.25) is 11.8 Å². The highest BCUT2D eigenvalue weighted by Crippen LogP contribution is 2.19. The summed E-state index contributed by atoms with van der Waals surface area (Å²) in [6.07, 6.45) is 2.42. The number of nitrogens with zero attached hydrogens (tertiary/aromatic N) is 5. The highest BCUT2D eigenvalue weighted by molar-refractivity contribution is 5.83. The Hall–Kier alpha value is -2.70. The van der Waals surface area contributed by atoms with Gasteiger partial charge in [0.15, 0.2) is 5.82 Å². The van der Waals surface area contributed by atoms with Gasteiger partial charge in [-0.1, -0.05) is 24.2 Å². The van der Waals surface area contributed by atoms with Gasteiger partial charge in [-0.05, 0) is 26.0 Å². The first-order chi connectivity index (χ1) is 11.6. The van der Waals surface area contributed by atoms with Crippen molar-refractivity contribution in [2.24, 2.45) is 0 Å². The summed E-state index contributed by atoms with van der Waals surface area (Å²) in [6, 6.07) is 7.43. The molecule has 2 heterocycles. The van der Waals surface area contributed by atoms with Crippen molar-refractivity contribution in [1.29, 1.82) is 0 Å². The molecule has 0 radical (unpaired) electrons. The molecule has 2 aromatic heterocycles. The van der Waals surface area contributed by atoms with Gasteiger partial charge >= 0.3 is 0 Å². The molecule has 0 saturated heterocycles. The Bertz CT molecular complexity index is 838. The number of fused-ring (bicyclic) bond motifs is 1. The van der Waals surface area contributed by atoms with Gasteiger partial charge in [-0.25, -0.2) is 4.98 Å². The maximum Gasteiger partial charge on any atom is 0.246 e. The Morgan fingerprint density at radius 2 is 2.12 bits per heavy atom. The van der Waals surface area contributed by atoms with Crippen molar-refractivity contribution in [2.45, 2.75) is 39.8 Å². The standard InChI is InChI=1S/C17H21N5O2/c1-4-15-19-16(24-20-15)10-21(5-2)17(23)12(3)22-11-18-13-8-6-7-9-14(13)22/h6-9,11-12H,4-5,10H2,1-3H3/t12-/m0/s1. The van der Waals surface area contributed by atoms with E-state index in [0.717, 1.165) is 11.0 Å². The molecule has 1 atom stereocenters. The van der Waals surface area contributed by atoms with Crippen molar-refractivity contribution < 1.29 is 9.32 Å². The number of amides is 1. The number of carbonyl (C=O) groups excluding carboxylic acids is 1. The molecule has 0 unspecified atom stereocenters. The molecule has 0 N–H and O–H groups in total. The fraction of sp³-hybridized carbons (Fsp3) is 0.412. The second-order valence-electron chi connectivity index (χ2n) is 5.63. The summed E-state index contributed by atoms with van der Waals surface area (Å²) in [5.41, 5.74) is 1.82. The Balaban J connectivity index is 1.80. The van der Waals surface area contributed by atoms with Crippen LogP contribution in [0.4, 0.5) is 0 Å². The summed E-state index contributed by atoms with van der Waals surface area (Å²) in [6.45, 7) is 6.67. The molecule has 126 valence electrons. The van der Waals surface area contributed by atoms with Gasteiger partial charge in [-0.2, -0.15) is 4.98 Å². The van der Waals surface area contributed by atoms with Crippen LogP contribution in [0.25, 0.3) is 11.0 Å². The predicted octanol–water partition coefficient (Wildman–Crippen LogP) is 2.59. The fourth-order valence-electron chi connectivity index (χ4n) is 2.68. The number of para-hydroxylation sites is 2. The van der Waals surface area contributed by atoms with Gasteiger partial charge < -0.3 is 14.0 Å². The predicted molar refractivity (Wildman–Crippen MR) is 89.2 cm³/mol. The van der Waals surface area contributed by atoms with E-state index in [1.54, 1.807) is 11.2 Å². The third kappa shape index (κ3) is 3.02. The van der Waals surface area contributed by atoms with E-state index in [9.17, 15) is 4.79 Å². The van der Waals surface area contributed by atoms with Crippen molar-refractivity contribution in [3.8, 4) is 0 Å². The number of likely N-dealkylation sites (N-methyl/N-ethyl adjacent to an activating group) is 1. The topological polar surface area (TPSA) is 77.0 Å². The lowest BCUT2D eigenvalue weighted by molar-refractivity contribution is -0.135. The summed E-state index contributed by atoms with van der Waals surface area (Å²) in [5, 5.41) is 3.88. The molecule has 3 aromatic rings. The number of aryl methyl sites for hydroxylation is 1. The molecule has 0 bridgehead atoms. The van der Waals surface area contributed by atoms with E-state index in [-0.39, 0.29) is 11.9 Å². The quantitative estimate of drug-likeness (QED) is 0.695. The fourth-order valence-corrected chi connectivity index (χ4v) is 2.68. The second kappa shape index (κ2) is 6.82. The summed E-state index contributed by atoms with van der Waals surface area (Å²) in [5.74, 6) is 1.11. The number of benzene rings is 1. The normalized spacial score (nSPS) is 12.5. The van der Waals surface area contributed by atoms with Crippen molar-refractivity contribution in [1.82, 2.24) is 24.6 Å². The van der Waals surface area contributed by atoms with Crippen LogP contribution in [0.5, 0.6) is 0 Å². The van der Waals surface area contributed by atoms with Crippen molar-refractivity contribution in [3.63, 3.8) is 0 Å². The van der Waals surface area contributed by atoms with E-state index in [1.807, 2.05) is 49.6 Å². The highest BCUT2D eigenvalue weighted by Gasteiger charge is 2.24. The number of imidazole rings is 1. The van der Waals surface area contributed by atoms with Crippen molar-refractivity contribution in [3.05, 3.63) is 42.3 Å². The molecule has 1 amide bonds. The van der Waals surface area contributed by atoms with Crippen molar-refractivity contribution >= 4 is 16.9 Å². The van der Waals surface area contributed by atoms with Crippen LogP contribution < -0.4 is 0 Å². The minimum Gasteiger partial charge on any atom is -0.337 e. The van der Waals surface area contributed by atoms with Crippen LogP contribution in [0.3, 0.4) is 0 Å². The van der Waals surface area contributed by atoms with Crippen LogP contribution in [0.15, 0.2) is 35.1 Å². The molecule has 7 nitrogen and oxygen atoms in total. The number of aromatic nitrogens is 4. The molecule has 0 spiro atoms. The highest BCUT2D eigenvalue weighted by atomic mass is 16.5. The molecule has 7 heteroatoms. The largest absolute Gasteiger partial charge is 0.337 e. The molecule has 3 rings (SSSR count). The van der Waals surface area contributed by atoms with Crippen molar-refractivity contribution in [2.75, 3.05) is 6.54 Å². The molecule has 0 aliphatic heterocycles. The van der Waals surface area contributed by atoms with E-state index in [0.29, 0.717) is 31.2 Å². The van der Waals surface area contributed by atoms with Crippen LogP contribution in [-0.2, 0) is 17.8 Å². The van der Waals surface area contributed by atoms with E-state index in [2.05, 4.69) is 15.1 Å².